The van der Waals surface area contributed by atoms with Crippen LogP contribution in [0.25, 0.3) is 11.9 Å². The molecule has 0 radical (unpaired) electrons. The first-order chi connectivity index (χ1) is 5.88. The monoisotopic (exact) mass is 158 g/mol. The Bertz CT molecular complexity index is 429. The number of fused-ring (bicyclic) bond motifs is 1. The van der Waals surface area contributed by atoms with E-state index >= 15 is 0 Å². The highest BCUT2D eigenvalue weighted by Crippen LogP contribution is 1.89. The van der Waals surface area contributed by atoms with E-state index in [9.17, 15) is 0 Å². The molecule has 0 unspecified atom stereocenters. The predicted molar refractivity (Wildman–Crippen MR) is 50.9 cm³/mol. The molecular formula is C10H10N2. The lowest BCUT2D eigenvalue weighted by atomic mass is 10.2. The second kappa shape index (κ2) is 2.81. The first-order valence-electron chi connectivity index (χ1n) is 3.93. The summed E-state index contributed by atoms with van der Waals surface area (Å²) in [7, 11) is 0. The Morgan fingerprint density at radius 2 is 2.08 bits per heavy atom. The van der Waals surface area contributed by atoms with Crippen LogP contribution in [0.5, 0.6) is 0 Å². The zero-order valence-corrected chi connectivity index (χ0v) is 6.70. The van der Waals surface area contributed by atoms with Gasteiger partial charge in [-0.05, 0) is 0 Å². The zero-order chi connectivity index (χ0) is 8.39. The first-order valence-corrected chi connectivity index (χ1v) is 3.93. The summed E-state index contributed by atoms with van der Waals surface area (Å²) < 4.78 is 0. The van der Waals surface area contributed by atoms with Gasteiger partial charge in [-0.25, -0.2) is 0 Å². The van der Waals surface area contributed by atoms with Gasteiger partial charge in [0.25, 0.3) is 0 Å². The largest absolute Gasteiger partial charge is 0.401 e. The molecule has 2 rings (SSSR count). The van der Waals surface area contributed by atoms with Crippen molar-refractivity contribution in [2.24, 2.45) is 10.7 Å². The molecule has 0 atom stereocenters. The predicted octanol–water partition coefficient (Wildman–Crippen LogP) is -0.0340. The number of hydrogen-bond acceptors (Lipinski definition) is 2. The molecule has 0 spiro atoms. The van der Waals surface area contributed by atoms with Crippen molar-refractivity contribution in [3.63, 3.8) is 0 Å². The van der Waals surface area contributed by atoms with Crippen LogP contribution in [0.2, 0.25) is 0 Å². The quantitative estimate of drug-likeness (QED) is 0.565. The molecule has 12 heavy (non-hydrogen) atoms. The molecule has 0 saturated carbocycles. The maximum absolute atomic E-state index is 5.85. The SMILES string of the molecule is NC1=c2ccccc2=CN=CC1. The Morgan fingerprint density at radius 1 is 1.25 bits per heavy atom. The lowest BCUT2D eigenvalue weighted by Crippen LogP contribution is -2.28. The molecule has 2 heteroatoms. The van der Waals surface area contributed by atoms with Crippen molar-refractivity contribution < 1.29 is 0 Å². The molecule has 0 aromatic heterocycles. The van der Waals surface area contributed by atoms with E-state index in [-0.39, 0.29) is 0 Å². The maximum Gasteiger partial charge on any atom is 0.0343 e. The summed E-state index contributed by atoms with van der Waals surface area (Å²) in [6.07, 6.45) is 4.41. The standard InChI is InChI=1S/C10H10N2/c11-10-5-6-12-7-8-3-1-2-4-9(8)10/h1-4,6-7H,5,11H2. The van der Waals surface area contributed by atoms with Crippen LogP contribution in [0.15, 0.2) is 29.3 Å². The number of aliphatic imine (C=N–C) groups is 1. The van der Waals surface area contributed by atoms with Gasteiger partial charge in [-0.2, -0.15) is 0 Å². The van der Waals surface area contributed by atoms with E-state index < -0.39 is 0 Å². The smallest absolute Gasteiger partial charge is 0.0343 e. The molecule has 2 N–H and O–H groups in total. The van der Waals surface area contributed by atoms with Crippen molar-refractivity contribution in [1.82, 2.24) is 0 Å². The minimum Gasteiger partial charge on any atom is -0.401 e. The first kappa shape index (κ1) is 7.10. The molecule has 1 heterocycles. The van der Waals surface area contributed by atoms with Crippen molar-refractivity contribution >= 4 is 18.1 Å². The number of nitrogens with zero attached hydrogens (tertiary/aromatic N) is 1. The normalized spacial score (nSPS) is 14.8. The Hall–Kier alpha value is -1.57. The highest BCUT2D eigenvalue weighted by molar-refractivity contribution is 5.73. The van der Waals surface area contributed by atoms with E-state index in [0.29, 0.717) is 0 Å². The molecule has 1 aromatic rings. The minimum atomic E-state index is 0.744. The average molecular weight is 158 g/mol. The molecule has 0 amide bonds. The summed E-state index contributed by atoms with van der Waals surface area (Å²) in [6.45, 7) is 0. The van der Waals surface area contributed by atoms with Crippen molar-refractivity contribution in [2.75, 3.05) is 0 Å². The zero-order valence-electron chi connectivity index (χ0n) is 6.70. The van der Waals surface area contributed by atoms with Gasteiger partial charge >= 0.3 is 0 Å². The number of hydrogen-bond donors (Lipinski definition) is 1. The van der Waals surface area contributed by atoms with Gasteiger partial charge in [-0.3, -0.25) is 4.99 Å². The average Bonchev–Trinajstić information content (AvgIpc) is 2.29. The number of rotatable bonds is 0. The molecule has 1 aliphatic heterocycles. The van der Waals surface area contributed by atoms with Crippen LogP contribution in [-0.4, -0.2) is 6.21 Å². The maximum atomic E-state index is 5.85. The summed E-state index contributed by atoms with van der Waals surface area (Å²) in [5, 5.41) is 2.21. The van der Waals surface area contributed by atoms with E-state index in [1.54, 1.807) is 0 Å². The van der Waals surface area contributed by atoms with Crippen LogP contribution in [0.4, 0.5) is 0 Å². The third-order valence-corrected chi connectivity index (χ3v) is 1.94. The Kier molecular flexibility index (Phi) is 1.67. The van der Waals surface area contributed by atoms with Crippen LogP contribution in [0.3, 0.4) is 0 Å². The van der Waals surface area contributed by atoms with Crippen molar-refractivity contribution in [1.29, 1.82) is 0 Å². The van der Waals surface area contributed by atoms with Gasteiger partial charge in [-0.15, -0.1) is 0 Å². The molecule has 0 aliphatic carbocycles. The van der Waals surface area contributed by atoms with Crippen LogP contribution < -0.4 is 16.2 Å². The van der Waals surface area contributed by atoms with E-state index in [1.807, 2.05) is 36.7 Å². The number of nitrogens with two attached hydrogens (primary N) is 1. The molecule has 2 nitrogen and oxygen atoms in total. The molecule has 1 aromatic carbocycles. The van der Waals surface area contributed by atoms with Gasteiger partial charge < -0.3 is 5.73 Å². The highest BCUT2D eigenvalue weighted by atomic mass is 14.7. The van der Waals surface area contributed by atoms with E-state index in [0.717, 1.165) is 22.6 Å². The Labute approximate surface area is 70.7 Å². The van der Waals surface area contributed by atoms with E-state index in [1.165, 1.54) is 0 Å². The molecule has 0 bridgehead atoms. The molecule has 1 aliphatic rings. The fourth-order valence-electron chi connectivity index (χ4n) is 1.30. The molecular weight excluding hydrogens is 148 g/mol. The summed E-state index contributed by atoms with van der Waals surface area (Å²) in [4.78, 5) is 4.11. The molecule has 0 fully saturated rings. The van der Waals surface area contributed by atoms with Crippen LogP contribution in [0.1, 0.15) is 6.42 Å². The highest BCUT2D eigenvalue weighted by Gasteiger charge is 1.94. The van der Waals surface area contributed by atoms with Gasteiger partial charge in [0.15, 0.2) is 0 Å². The Balaban J connectivity index is 2.88. The van der Waals surface area contributed by atoms with Crippen molar-refractivity contribution in [3.05, 3.63) is 34.7 Å². The summed E-state index contributed by atoms with van der Waals surface area (Å²) in [6, 6.07) is 8.02. The third-order valence-electron chi connectivity index (χ3n) is 1.94. The van der Waals surface area contributed by atoms with Gasteiger partial charge in [-0.1, -0.05) is 24.3 Å². The summed E-state index contributed by atoms with van der Waals surface area (Å²) in [5.41, 5.74) is 6.74. The topological polar surface area (TPSA) is 38.4 Å². The van der Waals surface area contributed by atoms with Crippen LogP contribution >= 0.6 is 0 Å². The second-order valence-electron chi connectivity index (χ2n) is 2.78. The second-order valence-corrected chi connectivity index (χ2v) is 2.78. The van der Waals surface area contributed by atoms with Gasteiger partial charge in [0, 0.05) is 35.0 Å². The Morgan fingerprint density at radius 3 is 3.00 bits per heavy atom. The fourth-order valence-corrected chi connectivity index (χ4v) is 1.30. The number of benzene rings is 1. The lowest BCUT2D eigenvalue weighted by molar-refractivity contribution is 1.36. The van der Waals surface area contributed by atoms with Crippen LogP contribution in [-0.2, 0) is 0 Å². The van der Waals surface area contributed by atoms with E-state index in [4.69, 9.17) is 5.73 Å². The summed E-state index contributed by atoms with van der Waals surface area (Å²) >= 11 is 0. The van der Waals surface area contributed by atoms with E-state index in [2.05, 4.69) is 4.99 Å². The molecule has 0 saturated heterocycles. The van der Waals surface area contributed by atoms with Gasteiger partial charge in [0.1, 0.15) is 0 Å². The summed E-state index contributed by atoms with van der Waals surface area (Å²) in [5.74, 6) is 0. The van der Waals surface area contributed by atoms with Gasteiger partial charge in [0.2, 0.25) is 0 Å². The lowest BCUT2D eigenvalue weighted by Gasteiger charge is -1.93. The minimum absolute atomic E-state index is 0.744. The van der Waals surface area contributed by atoms with Gasteiger partial charge in [0.05, 0.1) is 0 Å². The molecule has 60 valence electrons. The third kappa shape index (κ3) is 1.11. The van der Waals surface area contributed by atoms with Crippen molar-refractivity contribution in [2.45, 2.75) is 6.42 Å². The fraction of sp³-hybridized carbons (Fsp3) is 0.100. The van der Waals surface area contributed by atoms with Crippen LogP contribution in [0, 0.1) is 0 Å². The van der Waals surface area contributed by atoms with Crippen molar-refractivity contribution in [3.8, 4) is 0 Å².